The number of aryl methyl sites for hydroxylation is 2. The molecule has 34 heavy (non-hydrogen) atoms. The summed E-state index contributed by atoms with van der Waals surface area (Å²) in [6.07, 6.45) is 0. The van der Waals surface area contributed by atoms with Crippen molar-refractivity contribution in [3.05, 3.63) is 70.0 Å². The molecule has 2 aromatic carbocycles. The second kappa shape index (κ2) is 11.5. The number of aromatic nitrogens is 3. The molecule has 0 radical (unpaired) electrons. The lowest BCUT2D eigenvalue weighted by atomic mass is 10.0. The van der Waals surface area contributed by atoms with Gasteiger partial charge in [-0.1, -0.05) is 54.9 Å². The first-order valence-corrected chi connectivity index (χ1v) is 12.5. The van der Waals surface area contributed by atoms with Gasteiger partial charge in [0.25, 0.3) is 5.91 Å². The maximum Gasteiger partial charge on any atom is 0.251 e. The number of carbonyl (C=O) groups excluding carboxylic acids is 2. The van der Waals surface area contributed by atoms with Crippen LogP contribution in [0.25, 0.3) is 0 Å². The highest BCUT2D eigenvalue weighted by molar-refractivity contribution is 7.99. The van der Waals surface area contributed by atoms with Crippen molar-refractivity contribution in [3.63, 3.8) is 0 Å². The lowest BCUT2D eigenvalue weighted by molar-refractivity contribution is -0.113. The quantitative estimate of drug-likeness (QED) is 0.383. The number of amides is 2. The predicted octanol–water partition coefficient (Wildman–Crippen LogP) is 5.43. The summed E-state index contributed by atoms with van der Waals surface area (Å²) in [5.74, 6) is 0.654. The third-order valence-corrected chi connectivity index (χ3v) is 6.60. The number of nitrogens with zero attached hydrogens (tertiary/aromatic N) is 3. The summed E-state index contributed by atoms with van der Waals surface area (Å²) >= 11 is 7.30. The molecule has 0 aliphatic carbocycles. The molecule has 3 rings (SSSR count). The number of anilines is 1. The van der Waals surface area contributed by atoms with Crippen LogP contribution in [0.2, 0.25) is 5.02 Å². The SMILES string of the molecule is CCn1c(SCC(=O)Nc2ccc(Cl)cc2C)nnc1[C@H](NC(=O)c1ccc(C)cc1)C(C)C. The van der Waals surface area contributed by atoms with Crippen LogP contribution in [0.3, 0.4) is 0 Å². The summed E-state index contributed by atoms with van der Waals surface area (Å²) in [6.45, 7) is 10.6. The van der Waals surface area contributed by atoms with E-state index in [1.165, 1.54) is 11.8 Å². The molecule has 1 heterocycles. The van der Waals surface area contributed by atoms with E-state index in [0.29, 0.717) is 28.1 Å². The van der Waals surface area contributed by atoms with E-state index in [4.69, 9.17) is 11.6 Å². The summed E-state index contributed by atoms with van der Waals surface area (Å²) in [5, 5.41) is 16.0. The molecule has 0 unspecified atom stereocenters. The Hall–Kier alpha value is -2.84. The van der Waals surface area contributed by atoms with Crippen molar-refractivity contribution in [2.24, 2.45) is 5.92 Å². The topological polar surface area (TPSA) is 88.9 Å². The number of halogens is 1. The highest BCUT2D eigenvalue weighted by atomic mass is 35.5. The largest absolute Gasteiger partial charge is 0.342 e. The van der Waals surface area contributed by atoms with Crippen LogP contribution in [0.5, 0.6) is 0 Å². The van der Waals surface area contributed by atoms with Crippen molar-refractivity contribution < 1.29 is 9.59 Å². The minimum Gasteiger partial charge on any atom is -0.342 e. The normalized spacial score (nSPS) is 12.0. The Morgan fingerprint density at radius 2 is 1.79 bits per heavy atom. The van der Waals surface area contributed by atoms with E-state index in [0.717, 1.165) is 16.8 Å². The highest BCUT2D eigenvalue weighted by Gasteiger charge is 2.26. The summed E-state index contributed by atoms with van der Waals surface area (Å²) in [6, 6.07) is 12.5. The molecule has 0 spiro atoms. The number of hydrogen-bond acceptors (Lipinski definition) is 5. The van der Waals surface area contributed by atoms with Crippen LogP contribution < -0.4 is 10.6 Å². The average Bonchev–Trinajstić information content (AvgIpc) is 3.20. The average molecular weight is 500 g/mol. The van der Waals surface area contributed by atoms with Gasteiger partial charge in [0.1, 0.15) is 0 Å². The Kier molecular flexibility index (Phi) is 8.74. The third-order valence-electron chi connectivity index (χ3n) is 5.40. The van der Waals surface area contributed by atoms with Gasteiger partial charge in [0.05, 0.1) is 11.8 Å². The number of benzene rings is 2. The molecule has 0 aliphatic heterocycles. The van der Waals surface area contributed by atoms with Crippen molar-refractivity contribution in [3.8, 4) is 0 Å². The van der Waals surface area contributed by atoms with Gasteiger partial charge in [0, 0.05) is 22.8 Å². The maximum absolute atomic E-state index is 12.9. The molecule has 9 heteroatoms. The fourth-order valence-corrected chi connectivity index (χ4v) is 4.51. The summed E-state index contributed by atoms with van der Waals surface area (Å²) in [7, 11) is 0. The van der Waals surface area contributed by atoms with E-state index in [-0.39, 0.29) is 29.5 Å². The van der Waals surface area contributed by atoms with Crippen molar-refractivity contribution in [1.82, 2.24) is 20.1 Å². The second-order valence-electron chi connectivity index (χ2n) is 8.44. The lowest BCUT2D eigenvalue weighted by Gasteiger charge is -2.22. The van der Waals surface area contributed by atoms with Gasteiger partial charge in [0.2, 0.25) is 5.91 Å². The van der Waals surface area contributed by atoms with Crippen LogP contribution in [0.1, 0.15) is 54.1 Å². The van der Waals surface area contributed by atoms with E-state index in [9.17, 15) is 9.59 Å². The number of nitrogens with one attached hydrogen (secondary N) is 2. The first-order valence-electron chi connectivity index (χ1n) is 11.2. The number of hydrogen-bond donors (Lipinski definition) is 2. The van der Waals surface area contributed by atoms with E-state index in [2.05, 4.69) is 20.8 Å². The second-order valence-corrected chi connectivity index (χ2v) is 9.82. The molecular weight excluding hydrogens is 470 g/mol. The molecule has 2 N–H and O–H groups in total. The van der Waals surface area contributed by atoms with E-state index >= 15 is 0 Å². The van der Waals surface area contributed by atoms with Crippen LogP contribution in [0.15, 0.2) is 47.6 Å². The van der Waals surface area contributed by atoms with Gasteiger partial charge < -0.3 is 15.2 Å². The van der Waals surface area contributed by atoms with Gasteiger partial charge in [-0.2, -0.15) is 0 Å². The van der Waals surface area contributed by atoms with Crippen molar-refractivity contribution in [1.29, 1.82) is 0 Å². The molecule has 7 nitrogen and oxygen atoms in total. The van der Waals surface area contributed by atoms with E-state index in [1.807, 2.05) is 63.5 Å². The predicted molar refractivity (Wildman–Crippen MR) is 137 cm³/mol. The first-order chi connectivity index (χ1) is 16.2. The fourth-order valence-electron chi connectivity index (χ4n) is 3.48. The molecule has 1 aromatic heterocycles. The number of thioether (sulfide) groups is 1. The number of rotatable bonds is 9. The van der Waals surface area contributed by atoms with Gasteiger partial charge in [-0.3, -0.25) is 9.59 Å². The van der Waals surface area contributed by atoms with Crippen molar-refractivity contribution in [2.45, 2.75) is 52.4 Å². The summed E-state index contributed by atoms with van der Waals surface area (Å²) in [5.41, 5.74) is 3.32. The molecule has 0 aliphatic rings. The Morgan fingerprint density at radius 1 is 1.09 bits per heavy atom. The molecule has 0 saturated carbocycles. The smallest absolute Gasteiger partial charge is 0.251 e. The van der Waals surface area contributed by atoms with Gasteiger partial charge in [-0.05, 0) is 62.6 Å². The number of carbonyl (C=O) groups is 2. The van der Waals surface area contributed by atoms with Crippen molar-refractivity contribution in [2.75, 3.05) is 11.1 Å². The van der Waals surface area contributed by atoms with E-state index < -0.39 is 0 Å². The monoisotopic (exact) mass is 499 g/mol. The highest BCUT2D eigenvalue weighted by Crippen LogP contribution is 2.26. The van der Waals surface area contributed by atoms with Gasteiger partial charge in [-0.15, -0.1) is 10.2 Å². The van der Waals surface area contributed by atoms with Crippen LogP contribution in [0, 0.1) is 19.8 Å². The minimum absolute atomic E-state index is 0.0953. The Bertz CT molecular complexity index is 1160. The minimum atomic E-state index is -0.318. The Morgan fingerprint density at radius 3 is 2.41 bits per heavy atom. The van der Waals surface area contributed by atoms with Crippen LogP contribution in [-0.4, -0.2) is 32.3 Å². The zero-order chi connectivity index (χ0) is 24.8. The standard InChI is InChI=1S/C25H30ClN5O2S/c1-6-31-23(22(15(2)3)28-24(33)18-9-7-16(4)8-10-18)29-30-25(31)34-14-21(32)27-20-12-11-19(26)13-17(20)5/h7-13,15,22H,6,14H2,1-5H3,(H,27,32)(H,28,33)/t22-/m1/s1. The molecule has 2 amide bonds. The van der Waals surface area contributed by atoms with Gasteiger partial charge in [0.15, 0.2) is 11.0 Å². The molecule has 0 fully saturated rings. The summed E-state index contributed by atoms with van der Waals surface area (Å²) in [4.78, 5) is 25.4. The Labute approximate surface area is 209 Å². The molecule has 180 valence electrons. The van der Waals surface area contributed by atoms with Crippen molar-refractivity contribution >= 4 is 40.9 Å². The fraction of sp³-hybridized carbons (Fsp3) is 0.360. The van der Waals surface area contributed by atoms with Crippen LogP contribution in [-0.2, 0) is 11.3 Å². The molecule has 3 aromatic rings. The molecular formula is C25H30ClN5O2S. The van der Waals surface area contributed by atoms with Gasteiger partial charge in [-0.25, -0.2) is 0 Å². The molecule has 1 atom stereocenters. The molecule has 0 bridgehead atoms. The van der Waals surface area contributed by atoms with Crippen LogP contribution in [0.4, 0.5) is 5.69 Å². The summed E-state index contributed by atoms with van der Waals surface area (Å²) < 4.78 is 1.95. The zero-order valence-electron chi connectivity index (χ0n) is 20.1. The molecule has 0 saturated heterocycles. The van der Waals surface area contributed by atoms with E-state index in [1.54, 1.807) is 18.2 Å². The Balaban J connectivity index is 1.71. The third kappa shape index (κ3) is 6.39. The lowest BCUT2D eigenvalue weighted by Crippen LogP contribution is -2.33. The van der Waals surface area contributed by atoms with Gasteiger partial charge >= 0.3 is 0 Å². The first kappa shape index (κ1) is 25.8. The zero-order valence-corrected chi connectivity index (χ0v) is 21.6. The maximum atomic E-state index is 12.9. The van der Waals surface area contributed by atoms with Crippen LogP contribution >= 0.6 is 23.4 Å².